The van der Waals surface area contributed by atoms with E-state index in [0.29, 0.717) is 0 Å². The fourth-order valence-corrected chi connectivity index (χ4v) is 2.49. The Kier molecular flexibility index (Phi) is 3.45. The van der Waals surface area contributed by atoms with Gasteiger partial charge in [0.2, 0.25) is 0 Å². The van der Waals surface area contributed by atoms with Gasteiger partial charge in [-0.15, -0.1) is 0 Å². The molecule has 0 amide bonds. The molecule has 0 spiro atoms. The third kappa shape index (κ3) is 2.53. The molecule has 0 aliphatic carbocycles. The summed E-state index contributed by atoms with van der Waals surface area (Å²) >= 11 is 0. The molecule has 3 nitrogen and oxygen atoms in total. The first-order chi connectivity index (χ1) is 10.1. The first-order valence-corrected chi connectivity index (χ1v) is 6.84. The lowest BCUT2D eigenvalue weighted by atomic mass is 9.88. The van der Waals surface area contributed by atoms with E-state index in [1.807, 2.05) is 54.6 Å². The zero-order valence-corrected chi connectivity index (χ0v) is 11.7. The molecule has 0 saturated carbocycles. The Morgan fingerprint density at radius 2 is 1.62 bits per heavy atom. The van der Waals surface area contributed by atoms with Gasteiger partial charge >= 0.3 is 0 Å². The first kappa shape index (κ1) is 13.7. The summed E-state index contributed by atoms with van der Waals surface area (Å²) in [5.41, 5.74) is 1.78. The summed E-state index contributed by atoms with van der Waals surface area (Å²) < 4.78 is 5.44. The second kappa shape index (κ2) is 5.28. The van der Waals surface area contributed by atoms with Crippen LogP contribution in [0.4, 0.5) is 0 Å². The quantitative estimate of drug-likeness (QED) is 0.919. The lowest BCUT2D eigenvalue weighted by Crippen LogP contribution is -2.40. The Labute approximate surface area is 123 Å². The highest BCUT2D eigenvalue weighted by Crippen LogP contribution is 2.32. The molecule has 3 rings (SSSR count). The molecule has 0 saturated heterocycles. The predicted octanol–water partition coefficient (Wildman–Crippen LogP) is 3.04. The second-order valence-electron chi connectivity index (χ2n) is 5.21. The minimum Gasteiger partial charge on any atom is -0.365 e. The van der Waals surface area contributed by atoms with Crippen LogP contribution in [-0.4, -0.2) is 17.2 Å². The van der Waals surface area contributed by atoms with Crippen molar-refractivity contribution in [2.75, 3.05) is 0 Å². The minimum absolute atomic E-state index is 0.166. The van der Waals surface area contributed by atoms with Crippen LogP contribution in [0.15, 0.2) is 66.7 Å². The summed E-state index contributed by atoms with van der Waals surface area (Å²) in [5.74, 6) is -0.166. The molecule has 1 N–H and O–H groups in total. The van der Waals surface area contributed by atoms with Crippen molar-refractivity contribution in [1.29, 1.82) is 0 Å². The highest BCUT2D eigenvalue weighted by molar-refractivity contribution is 5.98. The SMILES string of the molecule is C[C@@]1(c2ccc(-c3ccccc3)cc2)O[C@H](O)C=CC1=O. The molecule has 2 aromatic rings. The first-order valence-electron chi connectivity index (χ1n) is 6.84. The molecular formula is C18H16O3. The third-order valence-corrected chi connectivity index (χ3v) is 3.78. The van der Waals surface area contributed by atoms with E-state index in [9.17, 15) is 9.90 Å². The van der Waals surface area contributed by atoms with Crippen molar-refractivity contribution < 1.29 is 14.6 Å². The van der Waals surface area contributed by atoms with E-state index in [1.165, 1.54) is 12.2 Å². The van der Waals surface area contributed by atoms with Gasteiger partial charge in [0.15, 0.2) is 17.7 Å². The van der Waals surface area contributed by atoms with Gasteiger partial charge < -0.3 is 9.84 Å². The molecule has 2 aromatic carbocycles. The van der Waals surface area contributed by atoms with Crippen molar-refractivity contribution in [3.05, 3.63) is 72.3 Å². The monoisotopic (exact) mass is 280 g/mol. The molecule has 1 aliphatic heterocycles. The van der Waals surface area contributed by atoms with Crippen LogP contribution in [0.2, 0.25) is 0 Å². The maximum absolute atomic E-state index is 12.1. The molecule has 2 atom stereocenters. The summed E-state index contributed by atoms with van der Waals surface area (Å²) in [7, 11) is 0. The van der Waals surface area contributed by atoms with Crippen molar-refractivity contribution in [2.45, 2.75) is 18.8 Å². The average Bonchev–Trinajstić information content (AvgIpc) is 2.52. The third-order valence-electron chi connectivity index (χ3n) is 3.78. The van der Waals surface area contributed by atoms with E-state index in [-0.39, 0.29) is 5.78 Å². The van der Waals surface area contributed by atoms with Crippen molar-refractivity contribution in [3.63, 3.8) is 0 Å². The van der Waals surface area contributed by atoms with E-state index in [1.54, 1.807) is 6.92 Å². The number of carbonyl (C=O) groups is 1. The van der Waals surface area contributed by atoms with Crippen molar-refractivity contribution in [1.82, 2.24) is 0 Å². The van der Waals surface area contributed by atoms with Gasteiger partial charge in [-0.3, -0.25) is 4.79 Å². The predicted molar refractivity (Wildman–Crippen MR) is 80.5 cm³/mol. The number of carbonyl (C=O) groups excluding carboxylic acids is 1. The fraction of sp³-hybridized carbons (Fsp3) is 0.167. The summed E-state index contributed by atoms with van der Waals surface area (Å²) in [6.07, 6.45) is 1.67. The Morgan fingerprint density at radius 3 is 2.29 bits per heavy atom. The number of aliphatic hydroxyl groups is 1. The molecule has 0 unspecified atom stereocenters. The van der Waals surface area contributed by atoms with Gasteiger partial charge in [-0.05, 0) is 35.8 Å². The van der Waals surface area contributed by atoms with Crippen LogP contribution in [-0.2, 0) is 15.1 Å². The molecule has 106 valence electrons. The van der Waals surface area contributed by atoms with Gasteiger partial charge in [-0.1, -0.05) is 54.6 Å². The Bertz CT molecular complexity index is 673. The summed E-state index contributed by atoms with van der Waals surface area (Å²) in [5, 5.41) is 9.60. The fourth-order valence-electron chi connectivity index (χ4n) is 2.49. The molecule has 0 fully saturated rings. The second-order valence-corrected chi connectivity index (χ2v) is 5.21. The van der Waals surface area contributed by atoms with E-state index >= 15 is 0 Å². The molecular weight excluding hydrogens is 264 g/mol. The Balaban J connectivity index is 1.94. The smallest absolute Gasteiger partial charge is 0.191 e. The molecule has 0 aromatic heterocycles. The number of aliphatic hydroxyl groups excluding tert-OH is 1. The van der Waals surface area contributed by atoms with E-state index in [2.05, 4.69) is 0 Å². The molecule has 3 heteroatoms. The summed E-state index contributed by atoms with van der Waals surface area (Å²) in [6.45, 7) is 1.68. The van der Waals surface area contributed by atoms with Crippen molar-refractivity contribution >= 4 is 5.78 Å². The van der Waals surface area contributed by atoms with Crippen LogP contribution in [0, 0.1) is 0 Å². The van der Waals surface area contributed by atoms with Gasteiger partial charge in [-0.2, -0.15) is 0 Å². The van der Waals surface area contributed by atoms with Crippen LogP contribution in [0.25, 0.3) is 11.1 Å². The normalized spacial score (nSPS) is 25.0. The molecule has 1 heterocycles. The number of ether oxygens (including phenoxy) is 1. The van der Waals surface area contributed by atoms with Gasteiger partial charge in [0.05, 0.1) is 0 Å². The van der Waals surface area contributed by atoms with Crippen molar-refractivity contribution in [2.24, 2.45) is 0 Å². The van der Waals surface area contributed by atoms with Gasteiger partial charge in [0, 0.05) is 0 Å². The van der Waals surface area contributed by atoms with Crippen molar-refractivity contribution in [3.8, 4) is 11.1 Å². The largest absolute Gasteiger partial charge is 0.365 e. The molecule has 21 heavy (non-hydrogen) atoms. The Morgan fingerprint density at radius 1 is 1.00 bits per heavy atom. The van der Waals surface area contributed by atoms with E-state index in [0.717, 1.165) is 16.7 Å². The van der Waals surface area contributed by atoms with Crippen LogP contribution in [0.3, 0.4) is 0 Å². The minimum atomic E-state index is -1.14. The average molecular weight is 280 g/mol. The van der Waals surface area contributed by atoms with Gasteiger partial charge in [-0.25, -0.2) is 0 Å². The molecule has 0 bridgehead atoms. The Hall–Kier alpha value is -2.23. The number of hydrogen-bond donors (Lipinski definition) is 1. The molecule has 1 aliphatic rings. The van der Waals surface area contributed by atoms with E-state index in [4.69, 9.17) is 4.74 Å². The van der Waals surface area contributed by atoms with Crippen LogP contribution >= 0.6 is 0 Å². The number of hydrogen-bond acceptors (Lipinski definition) is 3. The van der Waals surface area contributed by atoms with E-state index < -0.39 is 11.9 Å². The number of benzene rings is 2. The highest BCUT2D eigenvalue weighted by Gasteiger charge is 2.38. The summed E-state index contributed by atoms with van der Waals surface area (Å²) in [6, 6.07) is 17.7. The van der Waals surface area contributed by atoms with Crippen LogP contribution in [0.1, 0.15) is 12.5 Å². The topological polar surface area (TPSA) is 46.5 Å². The summed E-state index contributed by atoms with van der Waals surface area (Å²) in [4.78, 5) is 12.1. The van der Waals surface area contributed by atoms with Crippen LogP contribution < -0.4 is 0 Å². The maximum atomic E-state index is 12.1. The molecule has 0 radical (unpaired) electrons. The zero-order valence-electron chi connectivity index (χ0n) is 11.7. The lowest BCUT2D eigenvalue weighted by Gasteiger charge is -2.32. The van der Waals surface area contributed by atoms with Gasteiger partial charge in [0.1, 0.15) is 0 Å². The van der Waals surface area contributed by atoms with Gasteiger partial charge in [0.25, 0.3) is 0 Å². The maximum Gasteiger partial charge on any atom is 0.191 e. The highest BCUT2D eigenvalue weighted by atomic mass is 16.6. The standard InChI is InChI=1S/C18H16O3/c1-18(16(19)11-12-17(20)21-18)15-9-7-14(8-10-15)13-5-3-2-4-6-13/h2-12,17,20H,1H3/t17-,18-/m0/s1. The van der Waals surface area contributed by atoms with Crippen LogP contribution in [0.5, 0.6) is 0 Å². The number of ketones is 1. The zero-order chi connectivity index (χ0) is 14.9. The number of rotatable bonds is 2. The lowest BCUT2D eigenvalue weighted by molar-refractivity contribution is -0.177.